The maximum Gasteiger partial charge on any atom is 0.410 e. The molecule has 456 valence electrons. The van der Waals surface area contributed by atoms with Crippen molar-refractivity contribution in [2.24, 2.45) is 5.73 Å². The Morgan fingerprint density at radius 1 is 0.545 bits per heavy atom. The van der Waals surface area contributed by atoms with E-state index in [-0.39, 0.29) is 36.1 Å². The second-order valence-electron chi connectivity index (χ2n) is 21.6. The first-order chi connectivity index (χ1) is 35.0. The van der Waals surface area contributed by atoms with E-state index in [2.05, 4.69) is 11.1 Å². The van der Waals surface area contributed by atoms with Crippen LogP contribution >= 0.6 is 0 Å². The second kappa shape index (κ2) is 35.0. The summed E-state index contributed by atoms with van der Waals surface area (Å²) in [7, 11) is 0. The first kappa shape index (κ1) is 75.2. The average molecular weight is 1140 g/mol. The van der Waals surface area contributed by atoms with E-state index in [1.165, 1.54) is 23.1 Å². The number of ether oxygens (including phenoxy) is 3. The molecular weight excluding hydrogens is 1050 g/mol. The summed E-state index contributed by atoms with van der Waals surface area (Å²) in [6.45, 7) is 20.9. The fraction of sp³-hybridized carbons (Fsp3) is 0.900. The minimum Gasteiger partial charge on any atom is -0.444 e. The molecular formula is C50H89F12N7O8. The number of halogens is 12. The van der Waals surface area contributed by atoms with E-state index in [0.717, 1.165) is 32.0 Å². The number of ketones is 1. The van der Waals surface area contributed by atoms with Gasteiger partial charge in [0.2, 0.25) is 0 Å². The minimum absolute atomic E-state index is 0.129. The van der Waals surface area contributed by atoms with Gasteiger partial charge in [-0.3, -0.25) is 14.6 Å². The zero-order chi connectivity index (χ0) is 60.2. The van der Waals surface area contributed by atoms with Gasteiger partial charge in [0, 0.05) is 70.2 Å². The van der Waals surface area contributed by atoms with Crippen LogP contribution in [0.3, 0.4) is 0 Å². The summed E-state index contributed by atoms with van der Waals surface area (Å²) >= 11 is 0. The van der Waals surface area contributed by atoms with E-state index < -0.39 is 73.8 Å². The van der Waals surface area contributed by atoms with Gasteiger partial charge in [-0.25, -0.2) is 14.4 Å². The van der Waals surface area contributed by atoms with Crippen LogP contribution in [0.15, 0.2) is 0 Å². The molecule has 0 aromatic rings. The van der Waals surface area contributed by atoms with Crippen molar-refractivity contribution in [1.29, 1.82) is 0 Å². The van der Waals surface area contributed by atoms with Crippen molar-refractivity contribution in [3.8, 4) is 0 Å². The SMILES string of the molecule is CC(C)(C)OC(=O)N1CCC(=O)CC1.CC(C)(C)OC(=O)N1CCC(NCC(F)(F)F)CC1.CC=O.CCN(CC(F)(F)F)C1CCCCC1.CCN(CC(F)(F)F)C1CCN(C(=O)OC(C)(C)C)CC1.NCC(F)(F)F. The Labute approximate surface area is 447 Å². The highest BCUT2D eigenvalue weighted by Gasteiger charge is 2.37. The summed E-state index contributed by atoms with van der Waals surface area (Å²) in [5.41, 5.74) is 2.61. The highest BCUT2D eigenvalue weighted by Crippen LogP contribution is 2.27. The summed E-state index contributed by atoms with van der Waals surface area (Å²) in [5, 5.41) is 2.47. The van der Waals surface area contributed by atoms with Crippen molar-refractivity contribution in [3.05, 3.63) is 0 Å². The molecule has 0 aromatic heterocycles. The van der Waals surface area contributed by atoms with Crippen molar-refractivity contribution in [3.63, 3.8) is 0 Å². The third kappa shape index (κ3) is 41.8. The van der Waals surface area contributed by atoms with Crippen LogP contribution < -0.4 is 11.1 Å². The zero-order valence-corrected chi connectivity index (χ0v) is 47.2. The largest absolute Gasteiger partial charge is 0.444 e. The maximum atomic E-state index is 12.5. The summed E-state index contributed by atoms with van der Waals surface area (Å²) in [6.07, 6.45) is -8.72. The van der Waals surface area contributed by atoms with Gasteiger partial charge in [0.05, 0.1) is 26.2 Å². The summed E-state index contributed by atoms with van der Waals surface area (Å²) in [6, 6.07) is -0.161. The fourth-order valence-corrected chi connectivity index (χ4v) is 7.76. The number of alkyl halides is 12. The molecule has 0 aromatic carbocycles. The number of nitrogens with zero attached hydrogens (tertiary/aromatic N) is 5. The van der Waals surface area contributed by atoms with Gasteiger partial charge in [-0.05, 0) is 121 Å². The lowest BCUT2D eigenvalue weighted by atomic mass is 9.94. The quantitative estimate of drug-likeness (QED) is 0.134. The number of amides is 3. The van der Waals surface area contributed by atoms with E-state index in [9.17, 15) is 71.9 Å². The molecule has 3 heterocycles. The number of likely N-dealkylation sites (tertiary alicyclic amines) is 3. The number of carbonyl (C=O) groups is 5. The molecule has 27 heteroatoms. The number of nitrogens with two attached hydrogens (primary N) is 1. The molecule has 0 bridgehead atoms. The Bertz CT molecular complexity index is 1650. The smallest absolute Gasteiger partial charge is 0.410 e. The van der Waals surface area contributed by atoms with Crippen molar-refractivity contribution in [1.82, 2.24) is 29.8 Å². The molecule has 15 nitrogen and oxygen atoms in total. The van der Waals surface area contributed by atoms with Gasteiger partial charge >= 0.3 is 43.0 Å². The van der Waals surface area contributed by atoms with Crippen LogP contribution in [-0.2, 0) is 23.8 Å². The van der Waals surface area contributed by atoms with Gasteiger partial charge in [0.1, 0.15) is 28.9 Å². The van der Waals surface area contributed by atoms with Crippen molar-refractivity contribution in [2.45, 2.75) is 213 Å². The molecule has 0 unspecified atom stereocenters. The highest BCUT2D eigenvalue weighted by atomic mass is 19.4. The lowest BCUT2D eigenvalue weighted by Gasteiger charge is -2.38. The number of nitrogens with one attached hydrogen (secondary N) is 1. The first-order valence-corrected chi connectivity index (χ1v) is 26.0. The minimum atomic E-state index is -4.19. The lowest BCUT2D eigenvalue weighted by Crippen LogP contribution is -2.49. The molecule has 4 fully saturated rings. The molecule has 4 aliphatic rings. The van der Waals surface area contributed by atoms with E-state index in [4.69, 9.17) is 19.0 Å². The summed E-state index contributed by atoms with van der Waals surface area (Å²) < 4.78 is 158. The van der Waals surface area contributed by atoms with Crippen LogP contribution in [-0.4, -0.2) is 193 Å². The molecule has 0 radical (unpaired) electrons. The van der Waals surface area contributed by atoms with Gasteiger partial charge in [-0.1, -0.05) is 33.1 Å². The molecule has 77 heavy (non-hydrogen) atoms. The molecule has 3 N–H and O–H groups in total. The molecule has 1 saturated carbocycles. The van der Waals surface area contributed by atoms with Crippen LogP contribution in [0, 0.1) is 0 Å². The number of piperidine rings is 3. The van der Waals surface area contributed by atoms with Gasteiger partial charge in [-0.2, -0.15) is 52.7 Å². The first-order valence-electron chi connectivity index (χ1n) is 26.0. The summed E-state index contributed by atoms with van der Waals surface area (Å²) in [5.74, 6) is 0.227. The second-order valence-corrected chi connectivity index (χ2v) is 21.6. The number of rotatable bonds is 8. The Morgan fingerprint density at radius 2 is 0.844 bits per heavy atom. The van der Waals surface area contributed by atoms with Gasteiger partial charge in [-0.15, -0.1) is 0 Å². The predicted octanol–water partition coefficient (Wildman–Crippen LogP) is 11.3. The van der Waals surface area contributed by atoms with Crippen LogP contribution in [0.1, 0.15) is 154 Å². The normalized spacial score (nSPS) is 17.6. The van der Waals surface area contributed by atoms with Crippen molar-refractivity contribution < 1.29 is 90.9 Å². The van der Waals surface area contributed by atoms with Crippen molar-refractivity contribution in [2.75, 3.05) is 78.5 Å². The zero-order valence-electron chi connectivity index (χ0n) is 47.2. The van der Waals surface area contributed by atoms with E-state index >= 15 is 0 Å². The molecule has 3 saturated heterocycles. The van der Waals surface area contributed by atoms with Gasteiger partial charge in [0.25, 0.3) is 0 Å². The van der Waals surface area contributed by atoms with Crippen LogP contribution in [0.4, 0.5) is 67.1 Å². The molecule has 4 rings (SSSR count). The third-order valence-electron chi connectivity index (χ3n) is 11.2. The molecule has 3 amide bonds. The third-order valence-corrected chi connectivity index (χ3v) is 11.2. The van der Waals surface area contributed by atoms with Crippen LogP contribution in [0.25, 0.3) is 0 Å². The Balaban J connectivity index is 0. The maximum absolute atomic E-state index is 12.5. The highest BCUT2D eigenvalue weighted by molar-refractivity contribution is 5.81. The Morgan fingerprint density at radius 3 is 1.12 bits per heavy atom. The number of hydrogen-bond donors (Lipinski definition) is 2. The van der Waals surface area contributed by atoms with Crippen LogP contribution in [0.5, 0.6) is 0 Å². The molecule has 3 aliphatic heterocycles. The number of carbonyl (C=O) groups excluding carboxylic acids is 5. The molecule has 0 atom stereocenters. The topological polar surface area (TPSA) is 167 Å². The molecule has 0 spiro atoms. The van der Waals surface area contributed by atoms with E-state index in [1.54, 1.807) is 70.1 Å². The predicted molar refractivity (Wildman–Crippen MR) is 268 cm³/mol. The fourth-order valence-electron chi connectivity index (χ4n) is 7.76. The lowest BCUT2D eigenvalue weighted by molar-refractivity contribution is -0.152. The monoisotopic (exact) mass is 1140 g/mol. The van der Waals surface area contributed by atoms with Crippen molar-refractivity contribution >= 4 is 30.3 Å². The summed E-state index contributed by atoms with van der Waals surface area (Å²) in [4.78, 5) is 62.6. The molecule has 1 aliphatic carbocycles. The van der Waals surface area contributed by atoms with E-state index in [1.807, 2.05) is 20.8 Å². The standard InChI is InChI=1S/C14H25F3N2O2.C12H21F3N2O2.C10H18F3N.C10H17NO3.C2H4F3N.C2H4O/c1-5-18(10-14(15,16)17)11-6-8-19(9-7-11)12(20)21-13(2,3)4;1-11(2,3)19-10(18)17-6-4-9(5-7-17)16-8-12(13,14)15;1-2-14(8-10(11,12)13)9-6-4-3-5-7-9;1-10(2,3)14-9(13)11-6-4-8(12)5-7-11;3-2(4,5)1-6;1-2-3/h11H,5-10H2,1-4H3;9,16H,4-8H2,1-3H3;9H,2-8H2,1H3;4-7H2,1-3H3;1,6H2;2H,1H3. The number of aldehydes is 1. The number of hydrogen-bond acceptors (Lipinski definition) is 12. The Hall–Kier alpha value is -3.85. The van der Waals surface area contributed by atoms with E-state index in [0.29, 0.717) is 90.9 Å². The Kier molecular flexibility index (Phi) is 34.2. The van der Waals surface area contributed by atoms with Gasteiger partial charge < -0.3 is 44.8 Å². The van der Waals surface area contributed by atoms with Gasteiger partial charge in [0.15, 0.2) is 0 Å². The van der Waals surface area contributed by atoms with Crippen LogP contribution in [0.2, 0.25) is 0 Å². The average Bonchev–Trinajstić information content (AvgIpc) is 3.28. The number of Topliss-reactive ketones (excluding diaryl/α,β-unsaturated/α-hetero) is 1.